The third kappa shape index (κ3) is 2.51. The minimum Gasteiger partial charge on any atom is -0.480 e. The van der Waals surface area contributed by atoms with Crippen LogP contribution in [0.4, 0.5) is 0 Å². The summed E-state index contributed by atoms with van der Waals surface area (Å²) in [6, 6.07) is -1.01. The first-order valence-corrected chi connectivity index (χ1v) is 1.98. The van der Waals surface area contributed by atoms with Crippen molar-refractivity contribution >= 4 is 5.97 Å². The molecule has 1 atom stereocenters. The van der Waals surface area contributed by atoms with Crippen LogP contribution in [0.1, 0.15) is 0 Å². The molecule has 0 saturated carbocycles. The van der Waals surface area contributed by atoms with Crippen LogP contribution in [-0.2, 0) is 9.63 Å². The largest absolute Gasteiger partial charge is 0.480 e. The lowest BCUT2D eigenvalue weighted by Gasteiger charge is -2.00. The number of carbonyl (C=O) groups is 1. The van der Waals surface area contributed by atoms with Crippen LogP contribution in [0, 0.1) is 0 Å². The predicted octanol–water partition coefficient (Wildman–Crippen LogP) is -1.71. The van der Waals surface area contributed by atoms with E-state index in [9.17, 15) is 4.79 Å². The van der Waals surface area contributed by atoms with Crippen LogP contribution in [0.15, 0.2) is 0 Å². The van der Waals surface area contributed by atoms with Crippen LogP contribution in [0.25, 0.3) is 0 Å². The Morgan fingerprint density at radius 2 is 2.38 bits per heavy atom. The second-order valence-electron chi connectivity index (χ2n) is 1.28. The van der Waals surface area contributed by atoms with E-state index in [1.807, 2.05) is 0 Å². The zero-order valence-electron chi connectivity index (χ0n) is 4.20. The molecular weight excluding hydrogens is 112 g/mol. The van der Waals surface area contributed by atoms with Gasteiger partial charge in [-0.1, -0.05) is 0 Å². The molecule has 0 unspecified atom stereocenters. The Balaban J connectivity index is 3.32. The van der Waals surface area contributed by atoms with Crippen molar-refractivity contribution in [3.05, 3.63) is 0 Å². The van der Waals surface area contributed by atoms with E-state index in [-0.39, 0.29) is 6.61 Å². The highest BCUT2D eigenvalue weighted by Crippen LogP contribution is 1.75. The van der Waals surface area contributed by atoms with Crippen LogP contribution >= 0.6 is 0 Å². The first-order valence-electron chi connectivity index (χ1n) is 1.98. The summed E-state index contributed by atoms with van der Waals surface area (Å²) in [7, 11) is 0. The Kier molecular flexibility index (Phi) is 3.09. The van der Waals surface area contributed by atoms with Crippen LogP contribution in [0.3, 0.4) is 0 Å². The van der Waals surface area contributed by atoms with Gasteiger partial charge in [0, 0.05) is 0 Å². The Morgan fingerprint density at radius 3 is 2.50 bits per heavy atom. The van der Waals surface area contributed by atoms with Crippen LogP contribution < -0.4 is 11.6 Å². The summed E-state index contributed by atoms with van der Waals surface area (Å²) in [5.41, 5.74) is 4.92. The van der Waals surface area contributed by atoms with E-state index >= 15 is 0 Å². The monoisotopic (exact) mass is 120 g/mol. The highest BCUT2D eigenvalue weighted by molar-refractivity contribution is 5.73. The van der Waals surface area contributed by atoms with E-state index in [1.165, 1.54) is 0 Å². The third-order valence-corrected chi connectivity index (χ3v) is 0.593. The van der Waals surface area contributed by atoms with E-state index in [0.717, 1.165) is 0 Å². The van der Waals surface area contributed by atoms with Crippen molar-refractivity contribution in [2.24, 2.45) is 11.6 Å². The maximum Gasteiger partial charge on any atom is 0.322 e. The molecule has 0 aromatic carbocycles. The van der Waals surface area contributed by atoms with E-state index in [0.29, 0.717) is 0 Å². The van der Waals surface area contributed by atoms with Gasteiger partial charge in [-0.15, -0.1) is 0 Å². The normalized spacial score (nSPS) is 13.2. The van der Waals surface area contributed by atoms with Crippen molar-refractivity contribution < 1.29 is 14.7 Å². The number of aliphatic carboxylic acids is 1. The molecular formula is C3H8N2O3. The standard InChI is InChI=1S/C3H8N2O3/c4-2(1-8-5)3(6)7/h2H,1,4-5H2,(H,6,7)/t2-/m1/s1. The van der Waals surface area contributed by atoms with Crippen molar-refractivity contribution in [2.75, 3.05) is 6.61 Å². The second-order valence-corrected chi connectivity index (χ2v) is 1.28. The molecule has 0 aliphatic carbocycles. The number of rotatable bonds is 3. The molecule has 5 heteroatoms. The Hall–Kier alpha value is -0.650. The van der Waals surface area contributed by atoms with Gasteiger partial charge in [0.05, 0.1) is 6.61 Å². The zero-order chi connectivity index (χ0) is 6.57. The Morgan fingerprint density at radius 1 is 1.88 bits per heavy atom. The minimum absolute atomic E-state index is 0.157. The Bertz CT molecular complexity index is 84.6. The number of nitrogens with two attached hydrogens (primary N) is 2. The SMILES string of the molecule is NOC[C@@H](N)C(=O)O. The van der Waals surface area contributed by atoms with Crippen molar-refractivity contribution in [1.82, 2.24) is 0 Å². The number of hydrogen-bond acceptors (Lipinski definition) is 4. The van der Waals surface area contributed by atoms with Crippen molar-refractivity contribution in [2.45, 2.75) is 6.04 Å². The van der Waals surface area contributed by atoms with Gasteiger partial charge in [-0.3, -0.25) is 4.79 Å². The minimum atomic E-state index is -1.12. The third-order valence-electron chi connectivity index (χ3n) is 0.593. The van der Waals surface area contributed by atoms with E-state index < -0.39 is 12.0 Å². The molecule has 0 aromatic rings. The quantitative estimate of drug-likeness (QED) is 0.385. The summed E-state index contributed by atoms with van der Waals surface area (Å²) >= 11 is 0. The highest BCUT2D eigenvalue weighted by atomic mass is 16.6. The maximum absolute atomic E-state index is 9.83. The molecule has 0 rings (SSSR count). The fraction of sp³-hybridized carbons (Fsp3) is 0.667. The van der Waals surface area contributed by atoms with Crippen molar-refractivity contribution in [1.29, 1.82) is 0 Å². The van der Waals surface area contributed by atoms with Gasteiger partial charge in [-0.25, -0.2) is 5.90 Å². The molecule has 0 fully saturated rings. The highest BCUT2D eigenvalue weighted by Gasteiger charge is 2.09. The summed E-state index contributed by atoms with van der Waals surface area (Å²) in [5, 5.41) is 8.05. The Labute approximate surface area is 46.2 Å². The number of carboxylic acid groups (broad SMARTS) is 1. The molecule has 0 aromatic heterocycles. The number of carboxylic acids is 1. The molecule has 5 nitrogen and oxygen atoms in total. The fourth-order valence-corrected chi connectivity index (χ4v) is 0.175. The van der Waals surface area contributed by atoms with Gasteiger partial charge >= 0.3 is 5.97 Å². The first-order chi connectivity index (χ1) is 3.68. The number of hydrogen-bond donors (Lipinski definition) is 3. The van der Waals surface area contributed by atoms with Crippen LogP contribution in [0.5, 0.6) is 0 Å². The van der Waals surface area contributed by atoms with Crippen LogP contribution in [0.2, 0.25) is 0 Å². The molecule has 0 amide bonds. The smallest absolute Gasteiger partial charge is 0.322 e. The summed E-state index contributed by atoms with van der Waals surface area (Å²) in [6.07, 6.45) is 0. The van der Waals surface area contributed by atoms with Crippen molar-refractivity contribution in [3.8, 4) is 0 Å². The fourth-order valence-electron chi connectivity index (χ4n) is 0.175. The second kappa shape index (κ2) is 3.36. The average Bonchev–Trinajstić information content (AvgIpc) is 1.67. The predicted molar refractivity (Wildman–Crippen MR) is 25.8 cm³/mol. The summed E-state index contributed by atoms with van der Waals surface area (Å²) in [4.78, 5) is 13.8. The summed E-state index contributed by atoms with van der Waals surface area (Å²) in [5.74, 6) is 3.41. The first kappa shape index (κ1) is 7.35. The van der Waals surface area contributed by atoms with Gasteiger partial charge in [-0.05, 0) is 0 Å². The molecule has 0 aliphatic heterocycles. The molecule has 0 aliphatic rings. The molecule has 0 radical (unpaired) electrons. The topological polar surface area (TPSA) is 98.6 Å². The lowest BCUT2D eigenvalue weighted by atomic mass is 10.3. The van der Waals surface area contributed by atoms with Crippen molar-refractivity contribution in [3.63, 3.8) is 0 Å². The van der Waals surface area contributed by atoms with Gasteiger partial charge in [0.25, 0.3) is 0 Å². The van der Waals surface area contributed by atoms with Gasteiger partial charge in [0.1, 0.15) is 6.04 Å². The summed E-state index contributed by atoms with van der Waals surface area (Å²) < 4.78 is 0. The molecule has 0 bridgehead atoms. The van der Waals surface area contributed by atoms with E-state index in [2.05, 4.69) is 10.7 Å². The zero-order valence-corrected chi connectivity index (χ0v) is 4.20. The molecule has 48 valence electrons. The average molecular weight is 120 g/mol. The summed E-state index contributed by atoms with van der Waals surface area (Å²) in [6.45, 7) is -0.157. The van der Waals surface area contributed by atoms with Gasteiger partial charge in [-0.2, -0.15) is 0 Å². The lowest BCUT2D eigenvalue weighted by Crippen LogP contribution is -2.35. The maximum atomic E-state index is 9.83. The van der Waals surface area contributed by atoms with Gasteiger partial charge < -0.3 is 15.7 Å². The van der Waals surface area contributed by atoms with Gasteiger partial charge in [0.2, 0.25) is 0 Å². The van der Waals surface area contributed by atoms with Gasteiger partial charge in [0.15, 0.2) is 0 Å². The van der Waals surface area contributed by atoms with E-state index in [4.69, 9.17) is 10.8 Å². The molecule has 8 heavy (non-hydrogen) atoms. The van der Waals surface area contributed by atoms with Crippen LogP contribution in [-0.4, -0.2) is 23.7 Å². The molecule has 5 N–H and O–H groups in total. The molecule has 0 spiro atoms. The molecule has 0 heterocycles. The lowest BCUT2D eigenvalue weighted by molar-refractivity contribution is -0.140. The van der Waals surface area contributed by atoms with E-state index in [1.54, 1.807) is 0 Å². The molecule has 0 saturated heterocycles.